The van der Waals surface area contributed by atoms with Crippen molar-refractivity contribution in [2.75, 3.05) is 19.8 Å². The van der Waals surface area contributed by atoms with Crippen molar-refractivity contribution >= 4 is 15.9 Å². The fraction of sp³-hybridized carbons (Fsp3) is 0.818. The molecular formula is C33H59BrO3. The number of ether oxygens (including phenoxy) is 3. The van der Waals surface area contributed by atoms with Crippen LogP contribution in [0.2, 0.25) is 0 Å². The predicted octanol–water partition coefficient (Wildman–Crippen LogP) is 11.0. The lowest BCUT2D eigenvalue weighted by Gasteiger charge is -2.22. The van der Waals surface area contributed by atoms with E-state index in [2.05, 4.69) is 78.2 Å². The van der Waals surface area contributed by atoms with E-state index in [-0.39, 0.29) is 0 Å². The third kappa shape index (κ3) is 16.6. The van der Waals surface area contributed by atoms with Gasteiger partial charge in [0, 0.05) is 4.47 Å². The molecule has 0 aliphatic carbocycles. The first-order valence-electron chi connectivity index (χ1n) is 15.2. The molecule has 0 unspecified atom stereocenters. The highest BCUT2D eigenvalue weighted by Crippen LogP contribution is 2.41. The fourth-order valence-corrected chi connectivity index (χ4v) is 4.88. The van der Waals surface area contributed by atoms with E-state index in [1.165, 1.54) is 57.8 Å². The molecule has 1 aromatic rings. The van der Waals surface area contributed by atoms with E-state index in [0.717, 1.165) is 39.5 Å². The Morgan fingerprint density at radius 3 is 1.16 bits per heavy atom. The smallest absolute Gasteiger partial charge is 0.203 e. The summed E-state index contributed by atoms with van der Waals surface area (Å²) < 4.78 is 20.2. The summed E-state index contributed by atoms with van der Waals surface area (Å²) in [5.74, 6) is 6.13. The van der Waals surface area contributed by atoms with Crippen LogP contribution >= 0.6 is 15.9 Å². The molecule has 0 saturated heterocycles. The van der Waals surface area contributed by atoms with Crippen molar-refractivity contribution in [1.82, 2.24) is 0 Å². The topological polar surface area (TPSA) is 27.7 Å². The largest absolute Gasteiger partial charge is 0.489 e. The van der Waals surface area contributed by atoms with E-state index in [4.69, 9.17) is 14.2 Å². The minimum absolute atomic E-state index is 0.494. The highest BCUT2D eigenvalue weighted by atomic mass is 79.9. The van der Waals surface area contributed by atoms with Crippen LogP contribution in [0.3, 0.4) is 0 Å². The Hall–Kier alpha value is -0.900. The van der Waals surface area contributed by atoms with Gasteiger partial charge < -0.3 is 14.2 Å². The summed E-state index contributed by atoms with van der Waals surface area (Å²) in [5, 5.41) is 0. The quantitative estimate of drug-likeness (QED) is 0.144. The molecule has 0 aromatic heterocycles. The molecule has 4 heteroatoms. The first kappa shape index (κ1) is 34.1. The number of rotatable bonds is 21. The molecule has 3 nitrogen and oxygen atoms in total. The number of hydrogen-bond acceptors (Lipinski definition) is 3. The minimum Gasteiger partial charge on any atom is -0.489 e. The molecule has 0 N–H and O–H groups in total. The summed E-state index contributed by atoms with van der Waals surface area (Å²) in [6.07, 6.45) is 11.1. The lowest BCUT2D eigenvalue weighted by molar-refractivity contribution is 0.191. The lowest BCUT2D eigenvalue weighted by Crippen LogP contribution is -2.14. The second-order valence-electron chi connectivity index (χ2n) is 13.0. The van der Waals surface area contributed by atoms with Gasteiger partial charge in [-0.3, -0.25) is 0 Å². The zero-order valence-electron chi connectivity index (χ0n) is 25.7. The molecule has 0 aliphatic heterocycles. The average Bonchev–Trinajstić information content (AvgIpc) is 2.79. The first-order chi connectivity index (χ1) is 17.5. The summed E-state index contributed by atoms with van der Waals surface area (Å²) >= 11 is 3.69. The maximum atomic E-state index is 6.46. The molecule has 0 saturated carbocycles. The summed E-state index contributed by atoms with van der Waals surface area (Å²) in [6.45, 7) is 22.7. The van der Waals surface area contributed by atoms with Crippen molar-refractivity contribution in [2.24, 2.45) is 35.5 Å². The van der Waals surface area contributed by atoms with Gasteiger partial charge in [0.1, 0.15) is 0 Å². The molecule has 1 aromatic carbocycles. The van der Waals surface area contributed by atoms with Crippen molar-refractivity contribution in [3.05, 3.63) is 16.6 Å². The van der Waals surface area contributed by atoms with E-state index in [1.807, 2.05) is 12.1 Å². The Balaban J connectivity index is 2.89. The van der Waals surface area contributed by atoms with Crippen LogP contribution in [-0.2, 0) is 0 Å². The van der Waals surface area contributed by atoms with Gasteiger partial charge in [-0.15, -0.1) is 0 Å². The lowest BCUT2D eigenvalue weighted by atomic mass is 10.0. The molecule has 3 atom stereocenters. The van der Waals surface area contributed by atoms with Crippen LogP contribution in [0.1, 0.15) is 120 Å². The molecular weight excluding hydrogens is 524 g/mol. The van der Waals surface area contributed by atoms with Crippen molar-refractivity contribution in [3.63, 3.8) is 0 Å². The third-order valence-electron chi connectivity index (χ3n) is 6.98. The van der Waals surface area contributed by atoms with Crippen molar-refractivity contribution < 1.29 is 14.2 Å². The average molecular weight is 584 g/mol. The van der Waals surface area contributed by atoms with Crippen molar-refractivity contribution in [3.8, 4) is 17.2 Å². The maximum absolute atomic E-state index is 6.46. The summed E-state index contributed by atoms with van der Waals surface area (Å²) in [7, 11) is 0. The normalized spacial score (nSPS) is 14.3. The van der Waals surface area contributed by atoms with Crippen molar-refractivity contribution in [1.29, 1.82) is 0 Å². The predicted molar refractivity (Wildman–Crippen MR) is 164 cm³/mol. The Labute approximate surface area is 238 Å². The molecule has 0 amide bonds. The van der Waals surface area contributed by atoms with E-state index >= 15 is 0 Å². The van der Waals surface area contributed by atoms with E-state index in [0.29, 0.717) is 37.6 Å². The van der Waals surface area contributed by atoms with Crippen LogP contribution in [0, 0.1) is 35.5 Å². The maximum Gasteiger partial charge on any atom is 0.203 e. The van der Waals surface area contributed by atoms with Crippen LogP contribution < -0.4 is 14.2 Å². The molecule has 37 heavy (non-hydrogen) atoms. The number of hydrogen-bond donors (Lipinski definition) is 0. The Kier molecular flexibility index (Phi) is 17.7. The summed E-state index contributed by atoms with van der Waals surface area (Å²) in [6, 6.07) is 4.08. The first-order valence-corrected chi connectivity index (χ1v) is 16.0. The molecule has 0 aliphatic rings. The molecule has 1 rings (SSSR count). The molecule has 0 heterocycles. The van der Waals surface area contributed by atoms with Gasteiger partial charge in [-0.2, -0.15) is 0 Å². The van der Waals surface area contributed by atoms with Crippen LogP contribution in [-0.4, -0.2) is 19.8 Å². The molecule has 0 spiro atoms. The molecule has 0 bridgehead atoms. The van der Waals surface area contributed by atoms with Gasteiger partial charge in [0.15, 0.2) is 11.5 Å². The van der Waals surface area contributed by atoms with Crippen LogP contribution in [0.15, 0.2) is 16.6 Å². The van der Waals surface area contributed by atoms with E-state index in [9.17, 15) is 0 Å². The third-order valence-corrected chi connectivity index (χ3v) is 7.44. The fourth-order valence-electron chi connectivity index (χ4n) is 4.46. The highest BCUT2D eigenvalue weighted by Gasteiger charge is 2.18. The van der Waals surface area contributed by atoms with Crippen molar-refractivity contribution in [2.45, 2.75) is 120 Å². The summed E-state index contributed by atoms with van der Waals surface area (Å²) in [5.41, 5.74) is 0. The van der Waals surface area contributed by atoms with Gasteiger partial charge in [-0.1, -0.05) is 117 Å². The zero-order chi connectivity index (χ0) is 27.8. The van der Waals surface area contributed by atoms with Crippen LogP contribution in [0.5, 0.6) is 17.2 Å². The summed E-state index contributed by atoms with van der Waals surface area (Å²) in [4.78, 5) is 0. The van der Waals surface area contributed by atoms with Gasteiger partial charge in [0.05, 0.1) is 19.8 Å². The monoisotopic (exact) mass is 582 g/mol. The second kappa shape index (κ2) is 19.2. The van der Waals surface area contributed by atoms with Gasteiger partial charge in [-0.05, 0) is 66.9 Å². The molecule has 0 radical (unpaired) electrons. The Bertz CT molecular complexity index is 671. The van der Waals surface area contributed by atoms with Gasteiger partial charge in [0.25, 0.3) is 0 Å². The Morgan fingerprint density at radius 2 is 0.838 bits per heavy atom. The number of halogens is 1. The van der Waals surface area contributed by atoms with Gasteiger partial charge >= 0.3 is 0 Å². The zero-order valence-corrected chi connectivity index (χ0v) is 27.3. The van der Waals surface area contributed by atoms with Crippen LogP contribution in [0.4, 0.5) is 0 Å². The second-order valence-corrected chi connectivity index (χ2v) is 13.9. The number of benzene rings is 1. The van der Waals surface area contributed by atoms with Gasteiger partial charge in [0.2, 0.25) is 5.75 Å². The highest BCUT2D eigenvalue weighted by molar-refractivity contribution is 9.10. The molecule has 0 fully saturated rings. The van der Waals surface area contributed by atoms with E-state index in [1.54, 1.807) is 0 Å². The van der Waals surface area contributed by atoms with E-state index < -0.39 is 0 Å². The van der Waals surface area contributed by atoms with Crippen LogP contribution in [0.25, 0.3) is 0 Å². The minimum atomic E-state index is 0.494. The SMILES string of the molecule is CC(C)CCC[C@H](C)COc1cc(Br)cc(OC[C@@H](C)CCCC(C)C)c1OC[C@@H](C)CCCC(C)C. The van der Waals surface area contributed by atoms with Gasteiger partial charge in [-0.25, -0.2) is 0 Å². The standard InChI is InChI=1S/C33H59BrO3/c1-24(2)13-10-16-27(7)21-35-31-19-30(34)20-32(36-22-28(8)17-11-14-25(3)4)33(31)37-23-29(9)18-12-15-26(5)6/h19-20,24-29H,10-18,21-23H2,1-9H3/t27-,28-,29-/m0/s1. The molecule has 216 valence electrons. The Morgan fingerprint density at radius 1 is 0.514 bits per heavy atom.